The Hall–Kier alpha value is -1.94. The van der Waals surface area contributed by atoms with Crippen molar-refractivity contribution in [1.82, 2.24) is 4.98 Å². The number of nitrogens with two attached hydrogens (primary N) is 1. The number of aromatic nitrogens is 1. The van der Waals surface area contributed by atoms with Crippen LogP contribution in [-0.2, 0) is 0 Å². The Morgan fingerprint density at radius 1 is 1.35 bits per heavy atom. The maximum Gasteiger partial charge on any atom is 0.236 e. The predicted octanol–water partition coefficient (Wildman–Crippen LogP) is 2.84. The zero-order valence-corrected chi connectivity index (χ0v) is 9.75. The van der Waals surface area contributed by atoms with Gasteiger partial charge in [0.1, 0.15) is 23.3 Å². The van der Waals surface area contributed by atoms with Crippen LogP contribution in [0.2, 0.25) is 0 Å². The summed E-state index contributed by atoms with van der Waals surface area (Å²) in [5.41, 5.74) is 4.65. The molecule has 0 radical (unpaired) electrons. The average molecular weight is 300 g/mol. The van der Waals surface area contributed by atoms with Gasteiger partial charge >= 0.3 is 0 Å². The van der Waals surface area contributed by atoms with E-state index in [9.17, 15) is 8.78 Å². The lowest BCUT2D eigenvalue weighted by Crippen LogP contribution is -1.90. The van der Waals surface area contributed by atoms with Gasteiger partial charge in [-0.05, 0) is 12.1 Å². The van der Waals surface area contributed by atoms with Crippen molar-refractivity contribution in [3.8, 4) is 17.5 Å². The van der Waals surface area contributed by atoms with Crippen LogP contribution < -0.4 is 5.73 Å². The summed E-state index contributed by atoms with van der Waals surface area (Å²) in [5, 5.41) is 8.61. The normalized spacial score (nSPS) is 10.2. The molecule has 0 aliphatic rings. The molecular formula is C10H4BrF2N3O. The number of halogens is 3. The Morgan fingerprint density at radius 3 is 2.41 bits per heavy atom. The summed E-state index contributed by atoms with van der Waals surface area (Å²) in [6.07, 6.45) is 0. The lowest BCUT2D eigenvalue weighted by molar-refractivity contribution is 0.551. The number of benzene rings is 1. The second kappa shape index (κ2) is 4.14. The smallest absolute Gasteiger partial charge is 0.236 e. The lowest BCUT2D eigenvalue weighted by Gasteiger charge is -2.00. The molecule has 2 rings (SSSR count). The molecule has 0 bridgehead atoms. The van der Waals surface area contributed by atoms with Gasteiger partial charge < -0.3 is 10.2 Å². The molecule has 0 spiro atoms. The van der Waals surface area contributed by atoms with Crippen LogP contribution >= 0.6 is 15.9 Å². The number of hydrogen-bond acceptors (Lipinski definition) is 4. The van der Waals surface area contributed by atoms with Crippen LogP contribution in [0.3, 0.4) is 0 Å². The van der Waals surface area contributed by atoms with Crippen molar-refractivity contribution in [3.63, 3.8) is 0 Å². The summed E-state index contributed by atoms with van der Waals surface area (Å²) in [7, 11) is 0. The van der Waals surface area contributed by atoms with Crippen LogP contribution in [0.25, 0.3) is 11.5 Å². The highest BCUT2D eigenvalue weighted by Crippen LogP contribution is 2.30. The fourth-order valence-electron chi connectivity index (χ4n) is 1.27. The summed E-state index contributed by atoms with van der Waals surface area (Å²) in [5.74, 6) is -2.35. The van der Waals surface area contributed by atoms with E-state index < -0.39 is 17.2 Å². The van der Waals surface area contributed by atoms with Gasteiger partial charge in [-0.3, -0.25) is 0 Å². The van der Waals surface area contributed by atoms with Crippen LogP contribution in [0.1, 0.15) is 5.69 Å². The highest BCUT2D eigenvalue weighted by molar-refractivity contribution is 9.10. The molecule has 0 unspecified atom stereocenters. The minimum Gasteiger partial charge on any atom is -0.419 e. The van der Waals surface area contributed by atoms with Crippen LogP contribution in [0, 0.1) is 23.0 Å². The Labute approximate surface area is 103 Å². The average Bonchev–Trinajstić information content (AvgIpc) is 2.57. The molecule has 0 atom stereocenters. The molecule has 0 saturated heterocycles. The molecule has 1 aromatic carbocycles. The molecule has 86 valence electrons. The third kappa shape index (κ3) is 1.99. The van der Waals surface area contributed by atoms with Gasteiger partial charge in [-0.1, -0.05) is 15.9 Å². The molecule has 17 heavy (non-hydrogen) atoms. The summed E-state index contributed by atoms with van der Waals surface area (Å²) < 4.78 is 32.2. The number of hydrogen-bond donors (Lipinski definition) is 1. The molecule has 4 nitrogen and oxygen atoms in total. The molecular weight excluding hydrogens is 296 g/mol. The van der Waals surface area contributed by atoms with Crippen LogP contribution in [0.4, 0.5) is 14.7 Å². The summed E-state index contributed by atoms with van der Waals surface area (Å²) >= 11 is 2.94. The van der Waals surface area contributed by atoms with Crippen molar-refractivity contribution < 1.29 is 13.2 Å². The van der Waals surface area contributed by atoms with E-state index in [2.05, 4.69) is 20.9 Å². The number of nitriles is 1. The second-order valence-electron chi connectivity index (χ2n) is 3.09. The standard InChI is InChI=1S/C10H4BrF2N3O/c11-4-1-5(12)8(6(13)2-4)10-16-7(3-14)9(15)17-10/h1-2H,15H2. The maximum absolute atomic E-state index is 13.5. The third-order valence-corrected chi connectivity index (χ3v) is 2.44. The Bertz CT molecular complexity index is 610. The number of rotatable bonds is 1. The summed E-state index contributed by atoms with van der Waals surface area (Å²) in [6.45, 7) is 0. The molecule has 7 heteroatoms. The van der Waals surface area contributed by atoms with Crippen molar-refractivity contribution >= 4 is 21.8 Å². The zero-order chi connectivity index (χ0) is 12.6. The van der Waals surface area contributed by atoms with E-state index >= 15 is 0 Å². The fraction of sp³-hybridized carbons (Fsp3) is 0. The van der Waals surface area contributed by atoms with E-state index in [0.29, 0.717) is 0 Å². The number of nitrogen functional groups attached to an aromatic ring is 1. The molecule has 0 aliphatic carbocycles. The minimum absolute atomic E-state index is 0.207. The largest absolute Gasteiger partial charge is 0.419 e. The lowest BCUT2D eigenvalue weighted by atomic mass is 10.2. The molecule has 0 fully saturated rings. The van der Waals surface area contributed by atoms with Crippen molar-refractivity contribution in [3.05, 3.63) is 33.9 Å². The monoisotopic (exact) mass is 299 g/mol. The molecule has 1 heterocycles. The van der Waals surface area contributed by atoms with Gasteiger partial charge in [0, 0.05) is 4.47 Å². The SMILES string of the molecule is N#Cc1nc(-c2c(F)cc(Br)cc2F)oc1N. The van der Waals surface area contributed by atoms with Gasteiger partial charge in [0.25, 0.3) is 0 Å². The number of nitrogens with zero attached hydrogens (tertiary/aromatic N) is 2. The van der Waals surface area contributed by atoms with E-state index in [4.69, 9.17) is 15.4 Å². The van der Waals surface area contributed by atoms with E-state index in [0.717, 1.165) is 12.1 Å². The topological polar surface area (TPSA) is 75.8 Å². The first-order valence-electron chi connectivity index (χ1n) is 4.34. The van der Waals surface area contributed by atoms with Gasteiger partial charge in [0.05, 0.1) is 0 Å². The van der Waals surface area contributed by atoms with E-state index in [1.165, 1.54) is 0 Å². The van der Waals surface area contributed by atoms with Crippen molar-refractivity contribution in [1.29, 1.82) is 5.26 Å². The summed E-state index contributed by atoms with van der Waals surface area (Å²) in [4.78, 5) is 3.60. The molecule has 0 amide bonds. The number of oxazole rings is 1. The quantitative estimate of drug-likeness (QED) is 0.878. The molecule has 2 aromatic rings. The molecule has 1 aromatic heterocycles. The van der Waals surface area contributed by atoms with Gasteiger partial charge in [-0.2, -0.15) is 10.2 Å². The maximum atomic E-state index is 13.5. The first-order chi connectivity index (χ1) is 8.02. The van der Waals surface area contributed by atoms with E-state index in [-0.39, 0.29) is 21.9 Å². The zero-order valence-electron chi connectivity index (χ0n) is 8.17. The van der Waals surface area contributed by atoms with Crippen LogP contribution in [0.15, 0.2) is 21.0 Å². The second-order valence-corrected chi connectivity index (χ2v) is 4.00. The number of anilines is 1. The van der Waals surface area contributed by atoms with Gasteiger partial charge in [0.2, 0.25) is 17.5 Å². The van der Waals surface area contributed by atoms with Crippen molar-refractivity contribution in [2.75, 3.05) is 5.73 Å². The Morgan fingerprint density at radius 2 is 1.94 bits per heavy atom. The highest BCUT2D eigenvalue weighted by Gasteiger charge is 2.20. The van der Waals surface area contributed by atoms with Crippen LogP contribution in [-0.4, -0.2) is 4.98 Å². The van der Waals surface area contributed by atoms with Crippen LogP contribution in [0.5, 0.6) is 0 Å². The van der Waals surface area contributed by atoms with Crippen molar-refractivity contribution in [2.45, 2.75) is 0 Å². The highest BCUT2D eigenvalue weighted by atomic mass is 79.9. The predicted molar refractivity (Wildman–Crippen MR) is 58.7 cm³/mol. The third-order valence-electron chi connectivity index (χ3n) is 1.98. The van der Waals surface area contributed by atoms with Gasteiger partial charge in [0.15, 0.2) is 0 Å². The van der Waals surface area contributed by atoms with Crippen molar-refractivity contribution in [2.24, 2.45) is 0 Å². The van der Waals surface area contributed by atoms with Gasteiger partial charge in [-0.25, -0.2) is 8.78 Å². The first kappa shape index (κ1) is 11.5. The van der Waals surface area contributed by atoms with Gasteiger partial charge in [-0.15, -0.1) is 0 Å². The first-order valence-corrected chi connectivity index (χ1v) is 5.13. The molecule has 0 saturated carbocycles. The molecule has 0 aliphatic heterocycles. The summed E-state index contributed by atoms with van der Waals surface area (Å²) in [6, 6.07) is 3.77. The Balaban J connectivity index is 2.65. The fourth-order valence-corrected chi connectivity index (χ4v) is 1.67. The van der Waals surface area contributed by atoms with E-state index in [1.807, 2.05) is 0 Å². The van der Waals surface area contributed by atoms with E-state index in [1.54, 1.807) is 6.07 Å². The molecule has 2 N–H and O–H groups in total. The minimum atomic E-state index is -0.859. The Kier molecular flexibility index (Phi) is 2.81.